The van der Waals surface area contributed by atoms with Crippen molar-refractivity contribution < 1.29 is 22.1 Å². The van der Waals surface area contributed by atoms with Gasteiger partial charge in [-0.2, -0.15) is 0 Å². The van der Waals surface area contributed by atoms with Crippen LogP contribution in [0.25, 0.3) is 0 Å². The molecule has 2 aliphatic heterocycles. The topological polar surface area (TPSA) is 92.9 Å². The number of aliphatic imine (C=N–C) groups is 1. The molecule has 2 aromatic carbocycles. The van der Waals surface area contributed by atoms with Crippen LogP contribution in [0.2, 0.25) is 0 Å². The third-order valence-electron chi connectivity index (χ3n) is 4.79. The van der Waals surface area contributed by atoms with Crippen molar-refractivity contribution in [3.05, 3.63) is 69.8 Å². The van der Waals surface area contributed by atoms with Crippen LogP contribution in [0.3, 0.4) is 0 Å². The number of thioether (sulfide) groups is 1. The molecule has 0 amide bonds. The quantitative estimate of drug-likeness (QED) is 0.537. The van der Waals surface area contributed by atoms with Gasteiger partial charge in [0.2, 0.25) is 0 Å². The highest BCUT2D eigenvalue weighted by Gasteiger charge is 2.47. The van der Waals surface area contributed by atoms with Gasteiger partial charge in [-0.15, -0.1) is 0 Å². The Labute approximate surface area is 169 Å². The van der Waals surface area contributed by atoms with E-state index in [0.717, 1.165) is 17.7 Å². The first kappa shape index (κ1) is 19.8. The highest BCUT2D eigenvalue weighted by molar-refractivity contribution is 8.13. The van der Waals surface area contributed by atoms with E-state index in [9.17, 15) is 27.3 Å². The number of sulfone groups is 1. The van der Waals surface area contributed by atoms with Crippen LogP contribution < -0.4 is 4.90 Å². The molecule has 152 valence electrons. The molecular formula is C18H15F2N3O4S2. The van der Waals surface area contributed by atoms with Crippen LogP contribution >= 0.6 is 11.8 Å². The normalized spacial score (nSPS) is 22.4. The Balaban J connectivity index is 1.60. The van der Waals surface area contributed by atoms with E-state index in [1.807, 2.05) is 0 Å². The molecule has 2 atom stereocenters. The number of nitrogens with zero attached hydrogens (tertiary/aromatic N) is 3. The second-order valence-corrected chi connectivity index (χ2v) is 9.90. The molecule has 2 aromatic rings. The fraction of sp³-hybridized carbons (Fsp3) is 0.278. The van der Waals surface area contributed by atoms with Crippen molar-refractivity contribution in [2.24, 2.45) is 4.99 Å². The zero-order chi connectivity index (χ0) is 20.8. The third-order valence-corrected chi connectivity index (χ3v) is 7.53. The van der Waals surface area contributed by atoms with Crippen LogP contribution in [-0.4, -0.2) is 42.1 Å². The van der Waals surface area contributed by atoms with Crippen LogP contribution in [0, 0.1) is 21.7 Å². The summed E-state index contributed by atoms with van der Waals surface area (Å²) in [6.07, 6.45) is 0. The second-order valence-electron chi connectivity index (χ2n) is 6.80. The first-order chi connectivity index (χ1) is 13.7. The molecule has 1 saturated heterocycles. The molecule has 0 aliphatic carbocycles. The summed E-state index contributed by atoms with van der Waals surface area (Å²) in [6, 6.07) is 8.13. The van der Waals surface area contributed by atoms with Crippen LogP contribution in [-0.2, 0) is 15.6 Å². The van der Waals surface area contributed by atoms with E-state index >= 15 is 0 Å². The standard InChI is InChI=1S/C18H15F2N3O4S2/c19-12-3-6-16(14(20)7-12)22-17-10-29(26,27)9-15(17)21-18(22)28-8-11-1-4-13(5-2-11)23(24)25/h1-7,15,17H,8-10H2/t15-,17+/m0/s1. The number of nitro benzene ring substituents is 1. The number of benzene rings is 2. The van der Waals surface area contributed by atoms with E-state index in [0.29, 0.717) is 10.9 Å². The number of anilines is 1. The van der Waals surface area contributed by atoms with E-state index in [4.69, 9.17) is 0 Å². The molecule has 0 saturated carbocycles. The Hall–Kier alpha value is -2.53. The smallest absolute Gasteiger partial charge is 0.269 e. The number of halogens is 2. The fourth-order valence-corrected chi connectivity index (χ4v) is 6.37. The van der Waals surface area contributed by atoms with Crippen molar-refractivity contribution >= 4 is 38.1 Å². The molecule has 29 heavy (non-hydrogen) atoms. The predicted octanol–water partition coefficient (Wildman–Crippen LogP) is 3.15. The molecule has 1 fully saturated rings. The maximum atomic E-state index is 14.4. The number of hydrogen-bond donors (Lipinski definition) is 0. The van der Waals surface area contributed by atoms with Crippen molar-refractivity contribution in [1.29, 1.82) is 0 Å². The van der Waals surface area contributed by atoms with Gasteiger partial charge in [0.25, 0.3) is 5.69 Å². The maximum Gasteiger partial charge on any atom is 0.269 e. The predicted molar refractivity (Wildman–Crippen MR) is 107 cm³/mol. The monoisotopic (exact) mass is 439 g/mol. The zero-order valence-corrected chi connectivity index (χ0v) is 16.5. The zero-order valence-electron chi connectivity index (χ0n) is 14.9. The van der Waals surface area contributed by atoms with Crippen molar-refractivity contribution in [2.45, 2.75) is 17.8 Å². The summed E-state index contributed by atoms with van der Waals surface area (Å²) in [4.78, 5) is 16.3. The van der Waals surface area contributed by atoms with Crippen molar-refractivity contribution in [2.75, 3.05) is 16.4 Å². The molecule has 11 heteroatoms. The molecular weight excluding hydrogens is 424 g/mol. The molecule has 0 unspecified atom stereocenters. The molecule has 0 aromatic heterocycles. The van der Waals surface area contributed by atoms with Gasteiger partial charge in [-0.3, -0.25) is 15.1 Å². The Morgan fingerprint density at radius 1 is 1.17 bits per heavy atom. The summed E-state index contributed by atoms with van der Waals surface area (Å²) in [5.41, 5.74) is 0.852. The van der Waals surface area contributed by atoms with Crippen LogP contribution in [0.4, 0.5) is 20.2 Å². The van der Waals surface area contributed by atoms with Gasteiger partial charge in [0.1, 0.15) is 11.6 Å². The summed E-state index contributed by atoms with van der Waals surface area (Å²) in [6.45, 7) is 0. The van der Waals surface area contributed by atoms with Gasteiger partial charge < -0.3 is 4.90 Å². The number of non-ortho nitro benzene ring substituents is 1. The first-order valence-corrected chi connectivity index (χ1v) is 11.4. The number of hydrogen-bond acceptors (Lipinski definition) is 7. The van der Waals surface area contributed by atoms with Gasteiger partial charge in [0, 0.05) is 24.0 Å². The summed E-state index contributed by atoms with van der Waals surface area (Å²) < 4.78 is 51.8. The molecule has 2 heterocycles. The number of nitro groups is 1. The molecule has 0 radical (unpaired) electrons. The fourth-order valence-electron chi connectivity index (χ4n) is 3.45. The van der Waals surface area contributed by atoms with Gasteiger partial charge in [0.05, 0.1) is 34.2 Å². The van der Waals surface area contributed by atoms with Crippen LogP contribution in [0.1, 0.15) is 5.56 Å². The minimum absolute atomic E-state index is 0.0216. The molecule has 7 nitrogen and oxygen atoms in total. The van der Waals surface area contributed by atoms with Gasteiger partial charge in [-0.25, -0.2) is 17.2 Å². The summed E-state index contributed by atoms with van der Waals surface area (Å²) >= 11 is 1.27. The number of fused-ring (bicyclic) bond motifs is 1. The third kappa shape index (κ3) is 3.97. The second kappa shape index (κ2) is 7.38. The van der Waals surface area contributed by atoms with E-state index in [1.165, 1.54) is 34.9 Å². The molecule has 0 spiro atoms. The van der Waals surface area contributed by atoms with Gasteiger partial charge in [0.15, 0.2) is 15.0 Å². The van der Waals surface area contributed by atoms with Crippen molar-refractivity contribution in [3.63, 3.8) is 0 Å². The summed E-state index contributed by atoms with van der Waals surface area (Å²) in [7, 11) is -3.29. The van der Waals surface area contributed by atoms with E-state index in [1.54, 1.807) is 12.1 Å². The van der Waals surface area contributed by atoms with E-state index in [2.05, 4.69) is 4.99 Å². The SMILES string of the molecule is O=[N+]([O-])c1ccc(CSC2=N[C@H]3CS(=O)(=O)C[C@H]3N2c2ccc(F)cc2F)cc1. The van der Waals surface area contributed by atoms with Crippen LogP contribution in [0.15, 0.2) is 47.5 Å². The summed E-state index contributed by atoms with van der Waals surface area (Å²) in [5, 5.41) is 11.2. The Morgan fingerprint density at radius 2 is 1.90 bits per heavy atom. The minimum atomic E-state index is -3.29. The van der Waals surface area contributed by atoms with E-state index in [-0.39, 0.29) is 22.9 Å². The lowest BCUT2D eigenvalue weighted by Gasteiger charge is -2.26. The van der Waals surface area contributed by atoms with Crippen molar-refractivity contribution in [1.82, 2.24) is 0 Å². The number of rotatable bonds is 4. The molecule has 4 rings (SSSR count). The Morgan fingerprint density at radius 3 is 2.55 bits per heavy atom. The Kier molecular flexibility index (Phi) is 5.03. The van der Waals surface area contributed by atoms with Crippen LogP contribution in [0.5, 0.6) is 0 Å². The first-order valence-electron chi connectivity index (χ1n) is 8.62. The number of amidine groups is 1. The maximum absolute atomic E-state index is 14.4. The lowest BCUT2D eigenvalue weighted by Crippen LogP contribution is -2.39. The lowest BCUT2D eigenvalue weighted by molar-refractivity contribution is -0.384. The molecule has 0 N–H and O–H groups in total. The lowest BCUT2D eigenvalue weighted by atomic mass is 10.1. The van der Waals surface area contributed by atoms with Gasteiger partial charge >= 0.3 is 0 Å². The van der Waals surface area contributed by atoms with Gasteiger partial charge in [-0.05, 0) is 17.7 Å². The van der Waals surface area contributed by atoms with Gasteiger partial charge in [-0.1, -0.05) is 23.9 Å². The summed E-state index contributed by atoms with van der Waals surface area (Å²) in [5.74, 6) is -1.38. The highest BCUT2D eigenvalue weighted by Crippen LogP contribution is 2.37. The molecule has 0 bridgehead atoms. The van der Waals surface area contributed by atoms with Crippen molar-refractivity contribution in [3.8, 4) is 0 Å². The highest BCUT2D eigenvalue weighted by atomic mass is 32.2. The average Bonchev–Trinajstić information content (AvgIpc) is 3.12. The Bertz CT molecular complexity index is 1110. The van der Waals surface area contributed by atoms with E-state index < -0.39 is 38.5 Å². The average molecular weight is 439 g/mol. The largest absolute Gasteiger partial charge is 0.312 e. The minimum Gasteiger partial charge on any atom is -0.312 e. The molecule has 2 aliphatic rings.